The van der Waals surface area contributed by atoms with Gasteiger partial charge in [0.05, 0.1) is 5.52 Å². The van der Waals surface area contributed by atoms with Gasteiger partial charge in [-0.3, -0.25) is 4.98 Å². The lowest BCUT2D eigenvalue weighted by Crippen LogP contribution is -2.34. The first-order valence-corrected chi connectivity index (χ1v) is 6.56. The van der Waals surface area contributed by atoms with E-state index >= 15 is 0 Å². The highest BCUT2D eigenvalue weighted by Gasteiger charge is 2.12. The molecule has 2 aromatic rings. The van der Waals surface area contributed by atoms with Gasteiger partial charge < -0.3 is 10.1 Å². The third-order valence-electron chi connectivity index (χ3n) is 3.48. The second kappa shape index (κ2) is 5.46. The zero-order valence-electron chi connectivity index (χ0n) is 10.4. The minimum absolute atomic E-state index is 0.600. The van der Waals surface area contributed by atoms with Crippen molar-refractivity contribution < 1.29 is 4.74 Å². The van der Waals surface area contributed by atoms with Crippen molar-refractivity contribution in [2.45, 2.75) is 25.4 Å². The van der Waals surface area contributed by atoms with Crippen molar-refractivity contribution in [1.29, 1.82) is 0 Å². The van der Waals surface area contributed by atoms with Crippen molar-refractivity contribution in [2.24, 2.45) is 0 Å². The third kappa shape index (κ3) is 2.68. The lowest BCUT2D eigenvalue weighted by molar-refractivity contribution is 0.0776. The summed E-state index contributed by atoms with van der Waals surface area (Å²) in [5.74, 6) is 0. The van der Waals surface area contributed by atoms with Crippen molar-refractivity contribution in [1.82, 2.24) is 10.3 Å². The maximum absolute atomic E-state index is 5.36. The molecule has 1 aliphatic heterocycles. The van der Waals surface area contributed by atoms with E-state index < -0.39 is 0 Å². The fraction of sp³-hybridized carbons (Fsp3) is 0.400. The van der Waals surface area contributed by atoms with Crippen LogP contribution < -0.4 is 5.32 Å². The van der Waals surface area contributed by atoms with Gasteiger partial charge in [0.1, 0.15) is 0 Å². The van der Waals surface area contributed by atoms with E-state index in [-0.39, 0.29) is 0 Å². The third-order valence-corrected chi connectivity index (χ3v) is 3.48. The molecule has 18 heavy (non-hydrogen) atoms. The molecule has 1 saturated heterocycles. The zero-order chi connectivity index (χ0) is 12.2. The van der Waals surface area contributed by atoms with Crippen molar-refractivity contribution in [3.05, 3.63) is 42.1 Å². The molecule has 0 saturated carbocycles. The van der Waals surface area contributed by atoms with Gasteiger partial charge in [-0.15, -0.1) is 0 Å². The summed E-state index contributed by atoms with van der Waals surface area (Å²) in [6.07, 6.45) is 4.08. The number of fused-ring (bicyclic) bond motifs is 1. The normalized spacial score (nSPS) is 17.1. The van der Waals surface area contributed by atoms with E-state index in [9.17, 15) is 0 Å². The van der Waals surface area contributed by atoms with Crippen LogP contribution in [-0.2, 0) is 11.3 Å². The van der Waals surface area contributed by atoms with Crippen LogP contribution in [0, 0.1) is 0 Å². The average Bonchev–Trinajstić information content (AvgIpc) is 2.46. The van der Waals surface area contributed by atoms with Gasteiger partial charge in [-0.1, -0.05) is 12.1 Å². The first-order valence-electron chi connectivity index (χ1n) is 6.56. The van der Waals surface area contributed by atoms with Crippen molar-refractivity contribution in [3.8, 4) is 0 Å². The number of ether oxygens (including phenoxy) is 1. The molecule has 3 heteroatoms. The van der Waals surface area contributed by atoms with Gasteiger partial charge >= 0.3 is 0 Å². The first-order chi connectivity index (χ1) is 8.92. The molecular weight excluding hydrogens is 224 g/mol. The minimum Gasteiger partial charge on any atom is -0.381 e. The molecule has 0 spiro atoms. The molecule has 0 unspecified atom stereocenters. The van der Waals surface area contributed by atoms with Crippen LogP contribution in [0.15, 0.2) is 36.5 Å². The summed E-state index contributed by atoms with van der Waals surface area (Å²) >= 11 is 0. The fourth-order valence-electron chi connectivity index (χ4n) is 2.40. The Balaban J connectivity index is 1.66. The van der Waals surface area contributed by atoms with Crippen LogP contribution in [0.2, 0.25) is 0 Å². The predicted molar refractivity (Wildman–Crippen MR) is 72.4 cm³/mol. The number of pyridine rings is 1. The van der Waals surface area contributed by atoms with Crippen LogP contribution in [-0.4, -0.2) is 24.2 Å². The standard InChI is InChI=1S/C15H18N2O/c1-2-13-10-12(3-4-15(13)16-7-1)11-17-14-5-8-18-9-6-14/h1-4,7,10,14,17H,5-6,8-9,11H2. The van der Waals surface area contributed by atoms with E-state index in [1.165, 1.54) is 10.9 Å². The number of aromatic nitrogens is 1. The number of benzene rings is 1. The molecule has 0 aliphatic carbocycles. The van der Waals surface area contributed by atoms with Crippen LogP contribution in [0.5, 0.6) is 0 Å². The van der Waals surface area contributed by atoms with E-state index in [2.05, 4.69) is 34.6 Å². The molecule has 0 amide bonds. The van der Waals surface area contributed by atoms with E-state index in [1.54, 1.807) is 0 Å². The monoisotopic (exact) mass is 242 g/mol. The van der Waals surface area contributed by atoms with E-state index in [1.807, 2.05) is 12.3 Å². The Kier molecular flexibility index (Phi) is 3.53. The number of hydrogen-bond donors (Lipinski definition) is 1. The Morgan fingerprint density at radius 1 is 1.22 bits per heavy atom. The molecule has 3 nitrogen and oxygen atoms in total. The Morgan fingerprint density at radius 3 is 3.00 bits per heavy atom. The summed E-state index contributed by atoms with van der Waals surface area (Å²) < 4.78 is 5.36. The topological polar surface area (TPSA) is 34.2 Å². The average molecular weight is 242 g/mol. The highest BCUT2D eigenvalue weighted by atomic mass is 16.5. The van der Waals surface area contributed by atoms with Gasteiger partial charge in [0.25, 0.3) is 0 Å². The Bertz CT molecular complexity index is 521. The molecule has 1 aromatic heterocycles. The molecule has 0 radical (unpaired) electrons. The summed E-state index contributed by atoms with van der Waals surface area (Å²) in [4.78, 5) is 4.34. The number of nitrogens with zero attached hydrogens (tertiary/aromatic N) is 1. The SMILES string of the molecule is c1cnc2ccc(CNC3CCOCC3)cc2c1. The Hall–Kier alpha value is -1.45. The molecule has 94 valence electrons. The van der Waals surface area contributed by atoms with E-state index in [0.717, 1.165) is 38.1 Å². The maximum Gasteiger partial charge on any atom is 0.0702 e. The lowest BCUT2D eigenvalue weighted by Gasteiger charge is -2.23. The van der Waals surface area contributed by atoms with Gasteiger partial charge in [0.2, 0.25) is 0 Å². The molecular formula is C15H18N2O. The smallest absolute Gasteiger partial charge is 0.0702 e. The fourth-order valence-corrected chi connectivity index (χ4v) is 2.40. The molecule has 0 bridgehead atoms. The molecule has 1 aliphatic rings. The predicted octanol–water partition coefficient (Wildman–Crippen LogP) is 2.50. The summed E-state index contributed by atoms with van der Waals surface area (Å²) in [6.45, 7) is 2.70. The Labute approximate surface area is 107 Å². The summed E-state index contributed by atoms with van der Waals surface area (Å²) in [5, 5.41) is 4.81. The lowest BCUT2D eigenvalue weighted by atomic mass is 10.1. The van der Waals surface area contributed by atoms with Crippen molar-refractivity contribution in [3.63, 3.8) is 0 Å². The quantitative estimate of drug-likeness (QED) is 0.898. The highest BCUT2D eigenvalue weighted by molar-refractivity contribution is 5.78. The highest BCUT2D eigenvalue weighted by Crippen LogP contribution is 2.14. The summed E-state index contributed by atoms with van der Waals surface area (Å²) in [7, 11) is 0. The van der Waals surface area contributed by atoms with E-state index in [0.29, 0.717) is 6.04 Å². The number of hydrogen-bond acceptors (Lipinski definition) is 3. The van der Waals surface area contributed by atoms with Crippen LogP contribution in [0.3, 0.4) is 0 Å². The Morgan fingerprint density at radius 2 is 2.11 bits per heavy atom. The summed E-state index contributed by atoms with van der Waals surface area (Å²) in [6, 6.07) is 11.2. The van der Waals surface area contributed by atoms with Gasteiger partial charge in [-0.05, 0) is 36.6 Å². The van der Waals surface area contributed by atoms with Crippen LogP contribution in [0.4, 0.5) is 0 Å². The van der Waals surface area contributed by atoms with Gasteiger partial charge in [-0.25, -0.2) is 0 Å². The van der Waals surface area contributed by atoms with Crippen LogP contribution >= 0.6 is 0 Å². The zero-order valence-corrected chi connectivity index (χ0v) is 10.4. The van der Waals surface area contributed by atoms with Gasteiger partial charge in [0.15, 0.2) is 0 Å². The second-order valence-electron chi connectivity index (χ2n) is 4.80. The first kappa shape index (κ1) is 11.6. The molecule has 1 N–H and O–H groups in total. The second-order valence-corrected chi connectivity index (χ2v) is 4.80. The van der Waals surface area contributed by atoms with Crippen LogP contribution in [0.1, 0.15) is 18.4 Å². The largest absolute Gasteiger partial charge is 0.381 e. The molecule has 2 heterocycles. The molecule has 0 atom stereocenters. The van der Waals surface area contributed by atoms with Gasteiger partial charge in [0, 0.05) is 37.4 Å². The number of nitrogens with one attached hydrogen (secondary N) is 1. The maximum atomic E-state index is 5.36. The van der Waals surface area contributed by atoms with Crippen LogP contribution in [0.25, 0.3) is 10.9 Å². The number of rotatable bonds is 3. The molecule has 1 aromatic carbocycles. The minimum atomic E-state index is 0.600. The van der Waals surface area contributed by atoms with Crippen molar-refractivity contribution >= 4 is 10.9 Å². The molecule has 3 rings (SSSR count). The molecule has 1 fully saturated rings. The summed E-state index contributed by atoms with van der Waals surface area (Å²) in [5.41, 5.74) is 2.38. The van der Waals surface area contributed by atoms with E-state index in [4.69, 9.17) is 4.74 Å². The van der Waals surface area contributed by atoms with Gasteiger partial charge in [-0.2, -0.15) is 0 Å². The van der Waals surface area contributed by atoms with Crippen molar-refractivity contribution in [2.75, 3.05) is 13.2 Å².